The molecule has 1 aliphatic heterocycles. The van der Waals surface area contributed by atoms with Crippen LogP contribution in [-0.2, 0) is 16.2 Å². The molecule has 1 heterocycles. The third-order valence-corrected chi connectivity index (χ3v) is 7.26. The van der Waals surface area contributed by atoms with Crippen molar-refractivity contribution < 1.29 is 28.6 Å². The Bertz CT molecular complexity index is 1420. The van der Waals surface area contributed by atoms with Gasteiger partial charge in [0.25, 0.3) is 11.1 Å². The molecule has 0 aliphatic carbocycles. The lowest BCUT2D eigenvalue weighted by Crippen LogP contribution is -2.36. The van der Waals surface area contributed by atoms with E-state index >= 15 is 0 Å². The maximum absolute atomic E-state index is 13.0. The molecule has 8 nitrogen and oxygen atoms in total. The van der Waals surface area contributed by atoms with Gasteiger partial charge in [0.1, 0.15) is 18.9 Å². The molecule has 3 amide bonds. The Balaban J connectivity index is 1.44. The second-order valence-corrected chi connectivity index (χ2v) is 10.4. The Morgan fingerprint density at radius 1 is 1.05 bits per heavy atom. The summed E-state index contributed by atoms with van der Waals surface area (Å²) in [7, 11) is 1.53. The molecule has 0 atom stereocenters. The molecule has 0 spiro atoms. The standard InChI is InChI=1S/C29H27BrN2O6S/c1-4-37-22-10-8-21(9-11-22)31-27(33)16-32-28(34)26(39-29(32)35)14-20-13-24(36-3)25(15-23(20)30)38-17-19-7-5-6-18(2)12-19/h5-15H,4,16-17H2,1-3H3,(H,31,33)/b26-14+. The van der Waals surface area contributed by atoms with E-state index in [1.807, 2.05) is 38.1 Å². The molecule has 3 aromatic rings. The van der Waals surface area contributed by atoms with Crippen molar-refractivity contribution in [1.29, 1.82) is 0 Å². The zero-order valence-corrected chi connectivity index (χ0v) is 24.1. The maximum Gasteiger partial charge on any atom is 0.294 e. The van der Waals surface area contributed by atoms with Crippen molar-refractivity contribution in [3.05, 3.63) is 86.7 Å². The van der Waals surface area contributed by atoms with Crippen LogP contribution in [0.25, 0.3) is 6.08 Å². The number of anilines is 1. The van der Waals surface area contributed by atoms with Crippen LogP contribution < -0.4 is 19.5 Å². The first-order chi connectivity index (χ1) is 18.8. The molecule has 0 aromatic heterocycles. The van der Waals surface area contributed by atoms with E-state index in [-0.39, 0.29) is 4.91 Å². The van der Waals surface area contributed by atoms with Gasteiger partial charge in [-0.05, 0) is 79.2 Å². The van der Waals surface area contributed by atoms with Crippen LogP contribution in [0, 0.1) is 6.92 Å². The van der Waals surface area contributed by atoms with Gasteiger partial charge in [-0.1, -0.05) is 45.8 Å². The number of carbonyl (C=O) groups is 3. The predicted molar refractivity (Wildman–Crippen MR) is 155 cm³/mol. The van der Waals surface area contributed by atoms with Gasteiger partial charge in [0, 0.05) is 10.2 Å². The number of nitrogens with one attached hydrogen (secondary N) is 1. The number of hydrogen-bond donors (Lipinski definition) is 1. The number of aryl methyl sites for hydroxylation is 1. The minimum Gasteiger partial charge on any atom is -0.494 e. The van der Waals surface area contributed by atoms with Crippen LogP contribution in [0.3, 0.4) is 0 Å². The molecule has 202 valence electrons. The fourth-order valence-corrected chi connectivity index (χ4v) is 5.09. The second-order valence-electron chi connectivity index (χ2n) is 8.58. The van der Waals surface area contributed by atoms with Gasteiger partial charge in [-0.2, -0.15) is 0 Å². The van der Waals surface area contributed by atoms with E-state index in [9.17, 15) is 14.4 Å². The molecule has 10 heteroatoms. The Hall–Kier alpha value is -3.76. The fraction of sp³-hybridized carbons (Fsp3) is 0.207. The topological polar surface area (TPSA) is 94.2 Å². The van der Waals surface area contributed by atoms with Crippen LogP contribution in [0.1, 0.15) is 23.6 Å². The summed E-state index contributed by atoms with van der Waals surface area (Å²) >= 11 is 4.30. The molecule has 0 saturated carbocycles. The summed E-state index contributed by atoms with van der Waals surface area (Å²) in [6, 6.07) is 18.3. The molecule has 4 rings (SSSR count). The molecule has 0 bridgehead atoms. The molecular weight excluding hydrogens is 584 g/mol. The highest BCUT2D eigenvalue weighted by atomic mass is 79.9. The van der Waals surface area contributed by atoms with Crippen LogP contribution in [-0.4, -0.2) is 42.2 Å². The van der Waals surface area contributed by atoms with Crippen molar-refractivity contribution >= 4 is 56.5 Å². The quantitative estimate of drug-likeness (QED) is 0.265. The first kappa shape index (κ1) is 28.3. The summed E-state index contributed by atoms with van der Waals surface area (Å²) in [6.07, 6.45) is 1.59. The molecule has 39 heavy (non-hydrogen) atoms. The molecule has 1 saturated heterocycles. The summed E-state index contributed by atoms with van der Waals surface area (Å²) in [5, 5.41) is 2.17. The SMILES string of the molecule is CCOc1ccc(NC(=O)CN2C(=O)S/C(=C/c3cc(OC)c(OCc4cccc(C)c4)cc3Br)C2=O)cc1. The zero-order chi connectivity index (χ0) is 27.9. The monoisotopic (exact) mass is 610 g/mol. The maximum atomic E-state index is 13.0. The van der Waals surface area contributed by atoms with Crippen LogP contribution in [0.2, 0.25) is 0 Å². The third-order valence-electron chi connectivity index (χ3n) is 5.67. The summed E-state index contributed by atoms with van der Waals surface area (Å²) in [6.45, 7) is 4.40. The van der Waals surface area contributed by atoms with E-state index in [0.29, 0.717) is 46.2 Å². The number of imide groups is 1. The zero-order valence-electron chi connectivity index (χ0n) is 21.7. The fourth-order valence-electron chi connectivity index (χ4n) is 3.82. The largest absolute Gasteiger partial charge is 0.494 e. The van der Waals surface area contributed by atoms with Gasteiger partial charge in [0.2, 0.25) is 5.91 Å². The first-order valence-corrected chi connectivity index (χ1v) is 13.7. The number of rotatable bonds is 10. The van der Waals surface area contributed by atoms with Crippen molar-refractivity contribution in [2.75, 3.05) is 25.6 Å². The number of ether oxygens (including phenoxy) is 3. The van der Waals surface area contributed by atoms with Gasteiger partial charge in [-0.3, -0.25) is 19.3 Å². The Labute approximate surface area is 239 Å². The smallest absolute Gasteiger partial charge is 0.294 e. The van der Waals surface area contributed by atoms with Crippen molar-refractivity contribution in [1.82, 2.24) is 4.90 Å². The van der Waals surface area contributed by atoms with Crippen molar-refractivity contribution in [3.8, 4) is 17.2 Å². The van der Waals surface area contributed by atoms with E-state index in [4.69, 9.17) is 14.2 Å². The normalized spacial score (nSPS) is 14.1. The van der Waals surface area contributed by atoms with Crippen LogP contribution >= 0.6 is 27.7 Å². The van der Waals surface area contributed by atoms with E-state index in [1.54, 1.807) is 42.5 Å². The van der Waals surface area contributed by atoms with Crippen molar-refractivity contribution in [2.24, 2.45) is 0 Å². The second kappa shape index (κ2) is 12.9. The number of carbonyl (C=O) groups excluding carboxylic acids is 3. The number of benzene rings is 3. The highest BCUT2D eigenvalue weighted by Gasteiger charge is 2.36. The third kappa shape index (κ3) is 7.21. The summed E-state index contributed by atoms with van der Waals surface area (Å²) < 4.78 is 17.5. The van der Waals surface area contributed by atoms with Gasteiger partial charge in [0.05, 0.1) is 18.6 Å². The number of amides is 3. The van der Waals surface area contributed by atoms with Crippen LogP contribution in [0.5, 0.6) is 17.2 Å². The summed E-state index contributed by atoms with van der Waals surface area (Å²) in [4.78, 5) is 39.2. The lowest BCUT2D eigenvalue weighted by atomic mass is 10.1. The molecular formula is C29H27BrN2O6S. The minimum absolute atomic E-state index is 0.199. The molecule has 0 radical (unpaired) electrons. The lowest BCUT2D eigenvalue weighted by Gasteiger charge is -2.14. The summed E-state index contributed by atoms with van der Waals surface area (Å²) in [5.74, 6) is 0.659. The van der Waals surface area contributed by atoms with Crippen LogP contribution in [0.4, 0.5) is 10.5 Å². The van der Waals surface area contributed by atoms with E-state index in [2.05, 4.69) is 21.2 Å². The van der Waals surface area contributed by atoms with Gasteiger partial charge >= 0.3 is 0 Å². The van der Waals surface area contributed by atoms with E-state index < -0.39 is 23.6 Å². The molecule has 1 fully saturated rings. The molecule has 3 aromatic carbocycles. The van der Waals surface area contributed by atoms with Crippen LogP contribution in [0.15, 0.2) is 70.0 Å². The first-order valence-electron chi connectivity index (χ1n) is 12.1. The molecule has 1 N–H and O–H groups in total. The Morgan fingerprint density at radius 3 is 2.51 bits per heavy atom. The van der Waals surface area contributed by atoms with Gasteiger partial charge in [-0.15, -0.1) is 0 Å². The average Bonchev–Trinajstić information content (AvgIpc) is 3.17. The number of halogens is 1. The van der Waals surface area contributed by atoms with Gasteiger partial charge < -0.3 is 19.5 Å². The Kier molecular flexibility index (Phi) is 9.32. The van der Waals surface area contributed by atoms with Crippen molar-refractivity contribution in [3.63, 3.8) is 0 Å². The lowest BCUT2D eigenvalue weighted by molar-refractivity contribution is -0.127. The average molecular weight is 612 g/mol. The highest BCUT2D eigenvalue weighted by molar-refractivity contribution is 9.10. The predicted octanol–water partition coefficient (Wildman–Crippen LogP) is 6.42. The molecule has 1 aliphatic rings. The highest BCUT2D eigenvalue weighted by Crippen LogP contribution is 2.38. The van der Waals surface area contributed by atoms with Gasteiger partial charge in [-0.25, -0.2) is 0 Å². The minimum atomic E-state index is -0.544. The van der Waals surface area contributed by atoms with Gasteiger partial charge in [0.15, 0.2) is 11.5 Å². The number of thioether (sulfide) groups is 1. The molecule has 0 unspecified atom stereocenters. The van der Waals surface area contributed by atoms with E-state index in [0.717, 1.165) is 27.8 Å². The van der Waals surface area contributed by atoms with E-state index in [1.165, 1.54) is 7.11 Å². The summed E-state index contributed by atoms with van der Waals surface area (Å²) in [5.41, 5.74) is 3.32. The number of hydrogen-bond acceptors (Lipinski definition) is 7. The number of methoxy groups -OCH3 is 1. The number of nitrogens with zero attached hydrogens (tertiary/aromatic N) is 1. The Morgan fingerprint density at radius 2 is 1.82 bits per heavy atom. The van der Waals surface area contributed by atoms with Crippen molar-refractivity contribution in [2.45, 2.75) is 20.5 Å².